The van der Waals surface area contributed by atoms with Crippen LogP contribution in [0, 0.1) is 0 Å². The highest BCUT2D eigenvalue weighted by atomic mass is 35.5. The number of benzene rings is 3. The van der Waals surface area contributed by atoms with Gasteiger partial charge in [-0.3, -0.25) is 14.5 Å². The Bertz CT molecular complexity index is 1470. The molecule has 0 radical (unpaired) electrons. The van der Waals surface area contributed by atoms with Crippen molar-refractivity contribution in [3.8, 4) is 5.75 Å². The molecule has 0 spiro atoms. The zero-order valence-corrected chi connectivity index (χ0v) is 24.4. The fourth-order valence-electron chi connectivity index (χ4n) is 4.29. The number of amides is 2. The number of fused-ring (bicyclic) bond motifs is 1. The van der Waals surface area contributed by atoms with E-state index in [9.17, 15) is 14.4 Å². The molecule has 0 saturated carbocycles. The quantitative estimate of drug-likeness (QED) is 0.245. The summed E-state index contributed by atoms with van der Waals surface area (Å²) in [6.45, 7) is 0.0132. The highest BCUT2D eigenvalue weighted by molar-refractivity contribution is 8.06. The molecule has 1 N–H and O–H groups in total. The van der Waals surface area contributed by atoms with E-state index in [1.165, 1.54) is 28.4 Å². The molecule has 206 valence electrons. The molecule has 0 aromatic heterocycles. The van der Waals surface area contributed by atoms with Crippen LogP contribution in [0.5, 0.6) is 5.75 Å². The summed E-state index contributed by atoms with van der Waals surface area (Å²) in [6.07, 6.45) is 0.156. The van der Waals surface area contributed by atoms with Crippen molar-refractivity contribution in [3.05, 3.63) is 105 Å². The van der Waals surface area contributed by atoms with Crippen molar-refractivity contribution in [2.24, 2.45) is 0 Å². The van der Waals surface area contributed by atoms with Crippen LogP contribution in [0.4, 0.5) is 0 Å². The molecule has 3 aromatic carbocycles. The fraction of sp³-hybridized carbons (Fsp3) is 0.207. The molecule has 0 aliphatic carbocycles. The first-order chi connectivity index (χ1) is 19.3. The first-order valence-electron chi connectivity index (χ1n) is 12.3. The predicted molar refractivity (Wildman–Crippen MR) is 157 cm³/mol. The van der Waals surface area contributed by atoms with Gasteiger partial charge in [0.1, 0.15) is 29.5 Å². The van der Waals surface area contributed by atoms with Crippen molar-refractivity contribution in [1.82, 2.24) is 10.2 Å². The van der Waals surface area contributed by atoms with Crippen molar-refractivity contribution in [1.29, 1.82) is 0 Å². The summed E-state index contributed by atoms with van der Waals surface area (Å²) < 4.78 is 10.8. The summed E-state index contributed by atoms with van der Waals surface area (Å²) in [6, 6.07) is 20.8. The van der Waals surface area contributed by atoms with Crippen LogP contribution >= 0.6 is 46.7 Å². The van der Waals surface area contributed by atoms with E-state index >= 15 is 0 Å². The zero-order valence-electron chi connectivity index (χ0n) is 21.3. The van der Waals surface area contributed by atoms with E-state index in [-0.39, 0.29) is 30.5 Å². The molecule has 0 unspecified atom stereocenters. The van der Waals surface area contributed by atoms with Gasteiger partial charge in [-0.15, -0.1) is 11.8 Å². The second kappa shape index (κ2) is 12.6. The Morgan fingerprint density at radius 2 is 1.80 bits per heavy atom. The number of ether oxygens (including phenoxy) is 2. The SMILES string of the molecule is COc1ccc(COC(=O)C2=C(Sc3cc(Cl)ccc3Cl)CS[C@H]3[C@H](NC(=O)Cc4ccccc4)C(=O)N23)cc1. The number of rotatable bonds is 9. The lowest BCUT2D eigenvalue weighted by molar-refractivity contribution is -0.153. The molecule has 2 aliphatic rings. The summed E-state index contributed by atoms with van der Waals surface area (Å²) in [4.78, 5) is 42.2. The first kappa shape index (κ1) is 28.4. The Hall–Kier alpha value is -3.11. The number of nitrogens with one attached hydrogen (secondary N) is 1. The van der Waals surface area contributed by atoms with Crippen LogP contribution in [-0.4, -0.2) is 47.0 Å². The molecule has 40 heavy (non-hydrogen) atoms. The van der Waals surface area contributed by atoms with Crippen LogP contribution < -0.4 is 10.1 Å². The molecule has 2 aliphatic heterocycles. The van der Waals surface area contributed by atoms with Crippen LogP contribution in [-0.2, 0) is 32.1 Å². The Labute approximate surface area is 250 Å². The predicted octanol–water partition coefficient (Wildman–Crippen LogP) is 5.69. The van der Waals surface area contributed by atoms with E-state index in [0.29, 0.717) is 31.3 Å². The maximum atomic E-state index is 13.5. The third kappa shape index (κ3) is 6.28. The second-order valence-electron chi connectivity index (χ2n) is 8.99. The van der Waals surface area contributed by atoms with Crippen LogP contribution in [0.15, 0.2) is 88.3 Å². The van der Waals surface area contributed by atoms with Crippen molar-refractivity contribution in [3.63, 3.8) is 0 Å². The molecule has 1 fully saturated rings. The van der Waals surface area contributed by atoms with Gasteiger partial charge in [-0.1, -0.05) is 77.4 Å². The Morgan fingerprint density at radius 1 is 1.05 bits per heavy atom. The minimum absolute atomic E-state index is 0.0132. The van der Waals surface area contributed by atoms with Crippen LogP contribution in [0.2, 0.25) is 10.0 Å². The van der Waals surface area contributed by atoms with E-state index in [1.54, 1.807) is 49.6 Å². The lowest BCUT2D eigenvalue weighted by atomic mass is 10.0. The van der Waals surface area contributed by atoms with Gasteiger partial charge in [0.25, 0.3) is 5.91 Å². The van der Waals surface area contributed by atoms with E-state index in [0.717, 1.165) is 11.1 Å². The summed E-state index contributed by atoms with van der Waals surface area (Å²) in [7, 11) is 1.58. The molecule has 11 heteroatoms. The number of hydrogen-bond donors (Lipinski definition) is 1. The molecule has 1 saturated heterocycles. The molecule has 3 aromatic rings. The number of nitrogens with zero attached hydrogens (tertiary/aromatic N) is 1. The smallest absolute Gasteiger partial charge is 0.356 e. The van der Waals surface area contributed by atoms with Gasteiger partial charge >= 0.3 is 5.97 Å². The topological polar surface area (TPSA) is 84.9 Å². The van der Waals surface area contributed by atoms with Crippen molar-refractivity contribution in [2.75, 3.05) is 12.9 Å². The van der Waals surface area contributed by atoms with Gasteiger partial charge in [-0.25, -0.2) is 4.79 Å². The molecule has 7 nitrogen and oxygen atoms in total. The van der Waals surface area contributed by atoms with E-state index in [2.05, 4.69) is 5.32 Å². The summed E-state index contributed by atoms with van der Waals surface area (Å²) in [5, 5.41) is 3.38. The highest BCUT2D eigenvalue weighted by Gasteiger charge is 2.54. The minimum Gasteiger partial charge on any atom is -0.497 e. The van der Waals surface area contributed by atoms with E-state index in [1.807, 2.05) is 30.3 Å². The molecule has 5 rings (SSSR count). The number of methoxy groups -OCH3 is 1. The zero-order chi connectivity index (χ0) is 28.2. The lowest BCUT2D eigenvalue weighted by Gasteiger charge is -2.49. The maximum absolute atomic E-state index is 13.5. The average Bonchev–Trinajstić information content (AvgIpc) is 2.97. The van der Waals surface area contributed by atoms with Gasteiger partial charge in [0.15, 0.2) is 0 Å². The average molecular weight is 616 g/mol. The molecular formula is C29H24Cl2N2O5S2. The minimum atomic E-state index is -0.744. The largest absolute Gasteiger partial charge is 0.497 e. The van der Waals surface area contributed by atoms with Gasteiger partial charge in [0, 0.05) is 20.6 Å². The molecule has 2 atom stereocenters. The normalized spacial score (nSPS) is 18.1. The number of β-lactam (4-membered cyclic amide) rings is 1. The molecular weight excluding hydrogens is 591 g/mol. The van der Waals surface area contributed by atoms with Gasteiger partial charge in [0.2, 0.25) is 5.91 Å². The molecule has 2 amide bonds. The lowest BCUT2D eigenvalue weighted by Crippen LogP contribution is -2.70. The number of thioether (sulfide) groups is 2. The Balaban J connectivity index is 1.36. The van der Waals surface area contributed by atoms with Crippen molar-refractivity contribution >= 4 is 64.5 Å². The maximum Gasteiger partial charge on any atom is 0.356 e. The molecule has 2 heterocycles. The number of esters is 1. The second-order valence-corrected chi connectivity index (χ2v) is 12.1. The fourth-order valence-corrected chi connectivity index (χ4v) is 7.29. The number of halogens is 2. The van der Waals surface area contributed by atoms with E-state index < -0.39 is 17.4 Å². The van der Waals surface area contributed by atoms with Gasteiger partial charge in [-0.05, 0) is 41.5 Å². The third-order valence-electron chi connectivity index (χ3n) is 6.31. The van der Waals surface area contributed by atoms with E-state index in [4.69, 9.17) is 32.7 Å². The highest BCUT2D eigenvalue weighted by Crippen LogP contribution is 2.47. The van der Waals surface area contributed by atoms with Gasteiger partial charge in [0.05, 0.1) is 18.6 Å². The monoisotopic (exact) mass is 614 g/mol. The number of hydrogen-bond acceptors (Lipinski definition) is 7. The summed E-state index contributed by atoms with van der Waals surface area (Å²) >= 11 is 15.3. The van der Waals surface area contributed by atoms with Crippen LogP contribution in [0.1, 0.15) is 11.1 Å². The standard InChI is InChI=1S/C29H24Cl2N2O5S2/c1-37-20-10-7-18(8-11-20)15-38-29(36)26-23(40-22-14-19(30)9-12-21(22)31)16-39-28-25(27(35)33(26)28)32-24(34)13-17-5-3-2-4-6-17/h2-12,14,25,28H,13,15-16H2,1H3,(H,32,34)/t25-,28+/m1/s1. The summed E-state index contributed by atoms with van der Waals surface area (Å²) in [5.74, 6) is -0.161. The molecule has 0 bridgehead atoms. The number of carbonyl (C=O) groups is 3. The van der Waals surface area contributed by atoms with Crippen LogP contribution in [0.3, 0.4) is 0 Å². The van der Waals surface area contributed by atoms with Crippen molar-refractivity contribution in [2.45, 2.75) is 29.3 Å². The van der Waals surface area contributed by atoms with Gasteiger partial charge in [-0.2, -0.15) is 0 Å². The third-order valence-corrected chi connectivity index (χ3v) is 9.59. The summed E-state index contributed by atoms with van der Waals surface area (Å²) in [5.41, 5.74) is 1.76. The Kier molecular flexibility index (Phi) is 8.95. The van der Waals surface area contributed by atoms with Crippen LogP contribution in [0.25, 0.3) is 0 Å². The van der Waals surface area contributed by atoms with Gasteiger partial charge < -0.3 is 14.8 Å². The van der Waals surface area contributed by atoms with Crippen molar-refractivity contribution < 1.29 is 23.9 Å². The Morgan fingerprint density at radius 3 is 2.52 bits per heavy atom. The number of carbonyl (C=O) groups excluding carboxylic acids is 3. The first-order valence-corrected chi connectivity index (χ1v) is 14.9.